The quantitative estimate of drug-likeness (QED) is 0.597. The van der Waals surface area contributed by atoms with Gasteiger partial charge in [-0.2, -0.15) is 0 Å². The molecule has 0 aliphatic carbocycles. The summed E-state index contributed by atoms with van der Waals surface area (Å²) in [6.07, 6.45) is -1.62. The van der Waals surface area contributed by atoms with Crippen molar-refractivity contribution in [2.45, 2.75) is 24.6 Å². The van der Waals surface area contributed by atoms with E-state index in [0.717, 1.165) is 16.8 Å². The van der Waals surface area contributed by atoms with Gasteiger partial charge in [0.15, 0.2) is 0 Å². The molecule has 0 fully saturated rings. The second-order valence-electron chi connectivity index (χ2n) is 4.74. The maximum Gasteiger partial charge on any atom is 0.261 e. The fraction of sp³-hybridized carbons (Fsp3) is 0.500. The number of halogens is 3. The van der Waals surface area contributed by atoms with Crippen LogP contribution in [0.1, 0.15) is 22.9 Å². The molecule has 1 heterocycles. The van der Waals surface area contributed by atoms with E-state index in [1.54, 1.807) is 11.9 Å². The van der Waals surface area contributed by atoms with Crippen molar-refractivity contribution in [3.05, 3.63) is 29.3 Å². The van der Waals surface area contributed by atoms with Gasteiger partial charge in [-0.3, -0.25) is 4.79 Å². The van der Waals surface area contributed by atoms with Crippen molar-refractivity contribution in [2.75, 3.05) is 25.2 Å². The highest BCUT2D eigenvalue weighted by Crippen LogP contribution is 2.33. The smallest absolute Gasteiger partial charge is 0.261 e. The zero-order valence-electron chi connectivity index (χ0n) is 11.1. The number of nitrogens with zero attached hydrogens (tertiary/aromatic N) is 1. The van der Waals surface area contributed by atoms with Gasteiger partial charge < -0.3 is 9.64 Å². The minimum atomic E-state index is -2.45. The number of amides is 1. The van der Waals surface area contributed by atoms with Crippen LogP contribution >= 0.6 is 11.6 Å². The number of carbonyl (C=O) groups excluding carboxylic acids is 1. The molecule has 110 valence electrons. The fourth-order valence-electron chi connectivity index (χ4n) is 2.21. The summed E-state index contributed by atoms with van der Waals surface area (Å²) in [5.74, 6) is 0.0588. The molecule has 0 aromatic heterocycles. The van der Waals surface area contributed by atoms with Crippen molar-refractivity contribution in [1.29, 1.82) is 0 Å². The molecule has 1 atom stereocenters. The Morgan fingerprint density at radius 1 is 1.45 bits per heavy atom. The first-order valence-electron chi connectivity index (χ1n) is 6.38. The average Bonchev–Trinajstić information content (AvgIpc) is 2.69. The zero-order valence-corrected chi connectivity index (χ0v) is 11.9. The summed E-state index contributed by atoms with van der Waals surface area (Å²) >= 11 is 6.23. The minimum absolute atomic E-state index is 0.0588. The number of carbonyl (C=O) groups is 1. The molecule has 1 aliphatic rings. The molecule has 0 saturated carbocycles. The Morgan fingerprint density at radius 2 is 2.20 bits per heavy atom. The molecule has 6 heteroatoms. The van der Waals surface area contributed by atoms with Crippen LogP contribution in [0.2, 0.25) is 0 Å². The van der Waals surface area contributed by atoms with Gasteiger partial charge in [-0.05, 0) is 23.6 Å². The summed E-state index contributed by atoms with van der Waals surface area (Å²) in [6, 6.07) is 5.63. The van der Waals surface area contributed by atoms with E-state index in [9.17, 15) is 13.6 Å². The number of fused-ring (bicyclic) bond motifs is 1. The third kappa shape index (κ3) is 3.46. The van der Waals surface area contributed by atoms with Gasteiger partial charge in [-0.25, -0.2) is 8.78 Å². The lowest BCUT2D eigenvalue weighted by Gasteiger charge is -2.13. The Bertz CT molecular complexity index is 496. The number of likely N-dealkylation sites (N-methyl/N-ethyl adjacent to an activating group) is 1. The second kappa shape index (κ2) is 6.50. The topological polar surface area (TPSA) is 29.5 Å². The van der Waals surface area contributed by atoms with Crippen LogP contribution in [-0.4, -0.2) is 32.6 Å². The molecule has 1 aromatic carbocycles. The molecule has 0 saturated heterocycles. The van der Waals surface area contributed by atoms with Crippen LogP contribution in [0.25, 0.3) is 0 Å². The van der Waals surface area contributed by atoms with Gasteiger partial charge >= 0.3 is 0 Å². The van der Waals surface area contributed by atoms with Crippen molar-refractivity contribution in [3.8, 4) is 0 Å². The van der Waals surface area contributed by atoms with E-state index in [2.05, 4.69) is 0 Å². The highest BCUT2D eigenvalue weighted by molar-refractivity contribution is 6.20. The minimum Gasteiger partial charge on any atom is -0.375 e. The maximum atomic E-state index is 11.9. The van der Waals surface area contributed by atoms with Crippen LogP contribution in [-0.2, 0) is 16.0 Å². The van der Waals surface area contributed by atoms with E-state index in [1.807, 2.05) is 18.2 Å². The average molecular weight is 304 g/mol. The summed E-state index contributed by atoms with van der Waals surface area (Å²) in [5.41, 5.74) is 2.74. The van der Waals surface area contributed by atoms with Gasteiger partial charge in [-0.15, -0.1) is 11.6 Å². The van der Waals surface area contributed by atoms with Gasteiger partial charge in [0.2, 0.25) is 5.91 Å². The number of alkyl halides is 3. The lowest BCUT2D eigenvalue weighted by Crippen LogP contribution is -2.20. The van der Waals surface area contributed by atoms with Crippen LogP contribution in [0.15, 0.2) is 18.2 Å². The number of anilines is 1. The van der Waals surface area contributed by atoms with E-state index in [0.29, 0.717) is 12.8 Å². The number of benzene rings is 1. The Labute approximate surface area is 121 Å². The molecule has 0 radical (unpaired) electrons. The van der Waals surface area contributed by atoms with Crippen LogP contribution in [0.5, 0.6) is 0 Å². The SMILES string of the molecule is CN1C(=O)Cc2cc(C(Cl)CCOCC(F)F)ccc21. The molecule has 20 heavy (non-hydrogen) atoms. The molecule has 0 N–H and O–H groups in total. The Kier molecular flexibility index (Phi) is 4.94. The number of hydrogen-bond acceptors (Lipinski definition) is 2. The summed E-state index contributed by atoms with van der Waals surface area (Å²) in [4.78, 5) is 13.2. The zero-order chi connectivity index (χ0) is 14.7. The Balaban J connectivity index is 1.93. The highest BCUT2D eigenvalue weighted by Gasteiger charge is 2.24. The van der Waals surface area contributed by atoms with E-state index in [1.165, 1.54) is 0 Å². The number of hydrogen-bond donors (Lipinski definition) is 0. The molecule has 2 rings (SSSR count). The van der Waals surface area contributed by atoms with Crippen LogP contribution in [0, 0.1) is 0 Å². The monoisotopic (exact) mass is 303 g/mol. The van der Waals surface area contributed by atoms with Crippen LogP contribution in [0.4, 0.5) is 14.5 Å². The summed E-state index contributed by atoms with van der Waals surface area (Å²) in [6.45, 7) is -0.373. The normalized spacial score (nSPS) is 15.8. The van der Waals surface area contributed by atoms with Gasteiger partial charge in [0.1, 0.15) is 6.61 Å². The van der Waals surface area contributed by atoms with Gasteiger partial charge in [0, 0.05) is 19.3 Å². The standard InChI is InChI=1S/C14H16ClF2NO2/c1-18-12-3-2-9(6-10(12)7-14(18)19)11(15)4-5-20-8-13(16)17/h2-3,6,11,13H,4-5,7-8H2,1H3. The lowest BCUT2D eigenvalue weighted by molar-refractivity contribution is -0.117. The number of ether oxygens (including phenoxy) is 1. The van der Waals surface area contributed by atoms with Crippen LogP contribution < -0.4 is 4.90 Å². The van der Waals surface area contributed by atoms with Crippen molar-refractivity contribution < 1.29 is 18.3 Å². The second-order valence-corrected chi connectivity index (χ2v) is 5.27. The fourth-order valence-corrected chi connectivity index (χ4v) is 2.44. The molecule has 0 bridgehead atoms. The van der Waals surface area contributed by atoms with Crippen molar-refractivity contribution in [3.63, 3.8) is 0 Å². The largest absolute Gasteiger partial charge is 0.375 e. The molecule has 1 aliphatic heterocycles. The molecular formula is C14H16ClF2NO2. The van der Waals surface area contributed by atoms with E-state index in [4.69, 9.17) is 16.3 Å². The summed E-state index contributed by atoms with van der Waals surface area (Å²) in [7, 11) is 1.74. The van der Waals surface area contributed by atoms with Crippen molar-refractivity contribution in [1.82, 2.24) is 0 Å². The molecule has 1 aromatic rings. The molecule has 1 unspecified atom stereocenters. The molecule has 0 spiro atoms. The third-order valence-corrected chi connectivity index (χ3v) is 3.77. The third-order valence-electron chi connectivity index (χ3n) is 3.30. The summed E-state index contributed by atoms with van der Waals surface area (Å²) in [5, 5.41) is -0.306. The predicted octanol–water partition coefficient (Wildman–Crippen LogP) is 3.16. The first-order valence-corrected chi connectivity index (χ1v) is 6.82. The molecule has 1 amide bonds. The maximum absolute atomic E-state index is 11.9. The Hall–Kier alpha value is -1.20. The van der Waals surface area contributed by atoms with E-state index < -0.39 is 13.0 Å². The highest BCUT2D eigenvalue weighted by atomic mass is 35.5. The van der Waals surface area contributed by atoms with E-state index >= 15 is 0 Å². The van der Waals surface area contributed by atoms with Crippen molar-refractivity contribution >= 4 is 23.2 Å². The Morgan fingerprint density at radius 3 is 2.90 bits per heavy atom. The van der Waals surface area contributed by atoms with Gasteiger partial charge in [-0.1, -0.05) is 12.1 Å². The van der Waals surface area contributed by atoms with Gasteiger partial charge in [0.05, 0.1) is 11.8 Å². The lowest BCUT2D eigenvalue weighted by atomic mass is 10.0. The number of rotatable bonds is 6. The van der Waals surface area contributed by atoms with Gasteiger partial charge in [0.25, 0.3) is 6.43 Å². The molecule has 3 nitrogen and oxygen atoms in total. The molecular weight excluding hydrogens is 288 g/mol. The predicted molar refractivity (Wildman–Crippen MR) is 73.6 cm³/mol. The van der Waals surface area contributed by atoms with E-state index in [-0.39, 0.29) is 17.9 Å². The van der Waals surface area contributed by atoms with Crippen LogP contribution in [0.3, 0.4) is 0 Å². The van der Waals surface area contributed by atoms with Crippen molar-refractivity contribution in [2.24, 2.45) is 0 Å². The first-order chi connectivity index (χ1) is 9.49. The first kappa shape index (κ1) is 15.2. The summed E-state index contributed by atoms with van der Waals surface area (Å²) < 4.78 is 28.6.